The van der Waals surface area contributed by atoms with Crippen LogP contribution in [-0.4, -0.2) is 26.3 Å². The zero-order valence-electron chi connectivity index (χ0n) is 11.4. The first-order chi connectivity index (χ1) is 9.38. The first kappa shape index (κ1) is 15.0. The largest absolute Gasteiger partial charge is 0.418 e. The lowest BCUT2D eigenvalue weighted by Crippen LogP contribution is -2.34. The second-order valence-corrected chi connectivity index (χ2v) is 5.14. The van der Waals surface area contributed by atoms with Crippen molar-refractivity contribution < 1.29 is 17.9 Å². The molecule has 20 heavy (non-hydrogen) atoms. The van der Waals surface area contributed by atoms with Gasteiger partial charge in [-0.15, -0.1) is 0 Å². The molecule has 3 nitrogen and oxygen atoms in total. The maximum absolute atomic E-state index is 13.1. The Morgan fingerprint density at radius 2 is 2.10 bits per heavy atom. The van der Waals surface area contributed by atoms with E-state index >= 15 is 0 Å². The topological polar surface area (TPSA) is 38.5 Å². The van der Waals surface area contributed by atoms with Crippen LogP contribution in [-0.2, 0) is 10.9 Å². The summed E-state index contributed by atoms with van der Waals surface area (Å²) in [5.41, 5.74) is 5.02. The maximum atomic E-state index is 13.1. The van der Waals surface area contributed by atoms with Crippen LogP contribution in [0.2, 0.25) is 0 Å². The van der Waals surface area contributed by atoms with E-state index in [4.69, 9.17) is 10.5 Å². The quantitative estimate of drug-likeness (QED) is 0.867. The molecule has 0 amide bonds. The van der Waals surface area contributed by atoms with E-state index in [-0.39, 0.29) is 17.5 Å². The molecule has 1 saturated heterocycles. The number of alkyl halides is 3. The van der Waals surface area contributed by atoms with Gasteiger partial charge in [-0.1, -0.05) is 0 Å². The molecule has 0 saturated carbocycles. The molecule has 1 aliphatic rings. The highest BCUT2D eigenvalue weighted by molar-refractivity contribution is 5.60. The number of rotatable bonds is 3. The summed E-state index contributed by atoms with van der Waals surface area (Å²) < 4.78 is 44.7. The lowest BCUT2D eigenvalue weighted by Gasteiger charge is -2.30. The molecule has 0 aromatic heterocycles. The molecule has 0 bridgehead atoms. The lowest BCUT2D eigenvalue weighted by molar-refractivity contribution is -0.137. The molecule has 1 fully saturated rings. The molecule has 112 valence electrons. The van der Waals surface area contributed by atoms with Crippen LogP contribution < -0.4 is 10.6 Å². The molecule has 1 atom stereocenters. The Balaban J connectivity index is 2.18. The molecule has 1 aromatic rings. The van der Waals surface area contributed by atoms with E-state index in [1.54, 1.807) is 11.9 Å². The van der Waals surface area contributed by atoms with Crippen molar-refractivity contribution in [1.29, 1.82) is 0 Å². The molecule has 2 rings (SSSR count). The van der Waals surface area contributed by atoms with Gasteiger partial charge in [0.25, 0.3) is 0 Å². The smallest absolute Gasteiger partial charge is 0.399 e. The van der Waals surface area contributed by atoms with Gasteiger partial charge in [0.1, 0.15) is 0 Å². The van der Waals surface area contributed by atoms with E-state index in [2.05, 4.69) is 0 Å². The van der Waals surface area contributed by atoms with Gasteiger partial charge in [0.05, 0.1) is 11.7 Å². The third-order valence-corrected chi connectivity index (χ3v) is 3.49. The Morgan fingerprint density at radius 3 is 2.70 bits per heavy atom. The number of halogens is 3. The minimum Gasteiger partial charge on any atom is -0.399 e. The number of nitrogens with zero attached hydrogens (tertiary/aromatic N) is 1. The summed E-state index contributed by atoms with van der Waals surface area (Å²) in [4.78, 5) is 1.60. The highest BCUT2D eigenvalue weighted by atomic mass is 19.4. The molecule has 1 aliphatic heterocycles. The Morgan fingerprint density at radius 1 is 1.35 bits per heavy atom. The van der Waals surface area contributed by atoms with Gasteiger partial charge < -0.3 is 15.4 Å². The molecule has 0 spiro atoms. The molecule has 1 unspecified atom stereocenters. The van der Waals surface area contributed by atoms with Gasteiger partial charge in [0, 0.05) is 31.6 Å². The lowest BCUT2D eigenvalue weighted by atomic mass is 10.1. The number of hydrogen-bond donors (Lipinski definition) is 1. The van der Waals surface area contributed by atoms with Crippen molar-refractivity contribution in [2.75, 3.05) is 30.8 Å². The first-order valence-electron chi connectivity index (χ1n) is 6.67. The van der Waals surface area contributed by atoms with Crippen LogP contribution >= 0.6 is 0 Å². The van der Waals surface area contributed by atoms with Crippen molar-refractivity contribution in [2.24, 2.45) is 0 Å². The number of benzene rings is 1. The standard InChI is InChI=1S/C14H19F3N2O/c1-19(9-11-4-2-3-7-20-11)13-6-5-10(18)8-12(13)14(15,16)17/h5-6,8,11H,2-4,7,9,18H2,1H3. The zero-order chi connectivity index (χ0) is 14.8. The van der Waals surface area contributed by atoms with Crippen molar-refractivity contribution in [1.82, 2.24) is 0 Å². The molecule has 6 heteroatoms. The van der Waals surface area contributed by atoms with Crippen molar-refractivity contribution in [2.45, 2.75) is 31.5 Å². The Bertz CT molecular complexity index is 456. The molecular weight excluding hydrogens is 269 g/mol. The van der Waals surface area contributed by atoms with E-state index in [0.717, 1.165) is 25.3 Å². The summed E-state index contributed by atoms with van der Waals surface area (Å²) >= 11 is 0. The minimum absolute atomic E-state index is 0.00705. The normalized spacial score (nSPS) is 19.9. The predicted octanol–water partition coefficient (Wildman–Crippen LogP) is 3.29. The monoisotopic (exact) mass is 288 g/mol. The number of nitrogens with two attached hydrogens (primary N) is 1. The SMILES string of the molecule is CN(CC1CCCCO1)c1ccc(N)cc1C(F)(F)F. The maximum Gasteiger partial charge on any atom is 0.418 e. The molecule has 1 aromatic carbocycles. The van der Waals surface area contributed by atoms with Gasteiger partial charge in [0.15, 0.2) is 0 Å². The predicted molar refractivity (Wildman–Crippen MR) is 72.7 cm³/mol. The molecule has 2 N–H and O–H groups in total. The van der Waals surface area contributed by atoms with Crippen LogP contribution in [0, 0.1) is 0 Å². The number of hydrogen-bond acceptors (Lipinski definition) is 3. The molecule has 1 heterocycles. The summed E-state index contributed by atoms with van der Waals surface area (Å²) in [6.45, 7) is 1.14. The molecule has 0 radical (unpaired) electrons. The Labute approximate surface area is 116 Å². The van der Waals surface area contributed by atoms with Gasteiger partial charge in [-0.2, -0.15) is 13.2 Å². The highest BCUT2D eigenvalue weighted by Crippen LogP contribution is 2.37. The fourth-order valence-corrected chi connectivity index (χ4v) is 2.47. The summed E-state index contributed by atoms with van der Waals surface area (Å²) in [7, 11) is 1.65. The van der Waals surface area contributed by atoms with Gasteiger partial charge in [0.2, 0.25) is 0 Å². The van der Waals surface area contributed by atoms with Crippen molar-refractivity contribution >= 4 is 11.4 Å². The third kappa shape index (κ3) is 3.56. The summed E-state index contributed by atoms with van der Waals surface area (Å²) in [5.74, 6) is 0. The minimum atomic E-state index is -4.41. The summed E-state index contributed by atoms with van der Waals surface area (Å²) in [5, 5.41) is 0. The van der Waals surface area contributed by atoms with Crippen LogP contribution in [0.5, 0.6) is 0 Å². The number of nitrogen functional groups attached to an aromatic ring is 1. The number of ether oxygens (including phenoxy) is 1. The Kier molecular flexibility index (Phi) is 4.42. The highest BCUT2D eigenvalue weighted by Gasteiger charge is 2.35. The Hall–Kier alpha value is -1.43. The van der Waals surface area contributed by atoms with Crippen molar-refractivity contribution in [3.8, 4) is 0 Å². The second kappa shape index (κ2) is 5.91. The van der Waals surface area contributed by atoms with Crippen LogP contribution in [0.3, 0.4) is 0 Å². The van der Waals surface area contributed by atoms with Crippen LogP contribution in [0.25, 0.3) is 0 Å². The van der Waals surface area contributed by atoms with Crippen LogP contribution in [0.1, 0.15) is 24.8 Å². The molecular formula is C14H19F3N2O. The van der Waals surface area contributed by atoms with E-state index in [1.807, 2.05) is 0 Å². The average Bonchev–Trinajstić information content (AvgIpc) is 2.38. The van der Waals surface area contributed by atoms with Gasteiger partial charge in [-0.3, -0.25) is 0 Å². The average molecular weight is 288 g/mol. The van der Waals surface area contributed by atoms with E-state index in [0.29, 0.717) is 13.2 Å². The van der Waals surface area contributed by atoms with Crippen molar-refractivity contribution in [3.05, 3.63) is 23.8 Å². The first-order valence-corrected chi connectivity index (χ1v) is 6.67. The summed E-state index contributed by atoms with van der Waals surface area (Å²) in [6, 6.07) is 3.89. The number of anilines is 2. The van der Waals surface area contributed by atoms with E-state index in [9.17, 15) is 13.2 Å². The third-order valence-electron chi connectivity index (χ3n) is 3.49. The number of likely N-dealkylation sites (N-methyl/N-ethyl adjacent to an activating group) is 1. The fraction of sp³-hybridized carbons (Fsp3) is 0.571. The van der Waals surface area contributed by atoms with Gasteiger partial charge in [-0.25, -0.2) is 0 Å². The fourth-order valence-electron chi connectivity index (χ4n) is 2.47. The van der Waals surface area contributed by atoms with Crippen LogP contribution in [0.15, 0.2) is 18.2 Å². The summed E-state index contributed by atoms with van der Waals surface area (Å²) in [6.07, 6.45) is -1.44. The van der Waals surface area contributed by atoms with Crippen LogP contribution in [0.4, 0.5) is 24.5 Å². The van der Waals surface area contributed by atoms with E-state index < -0.39 is 11.7 Å². The second-order valence-electron chi connectivity index (χ2n) is 5.14. The van der Waals surface area contributed by atoms with Gasteiger partial charge in [-0.05, 0) is 37.5 Å². The van der Waals surface area contributed by atoms with E-state index in [1.165, 1.54) is 12.1 Å². The van der Waals surface area contributed by atoms with Gasteiger partial charge >= 0.3 is 6.18 Å². The van der Waals surface area contributed by atoms with Crippen molar-refractivity contribution in [3.63, 3.8) is 0 Å². The molecule has 0 aliphatic carbocycles. The zero-order valence-corrected chi connectivity index (χ0v) is 11.4.